The van der Waals surface area contributed by atoms with Gasteiger partial charge in [-0.05, 0) is 45.9 Å². The number of hydrogen-bond acceptors (Lipinski definition) is 5. The summed E-state index contributed by atoms with van der Waals surface area (Å²) in [6, 6.07) is 10.2. The van der Waals surface area contributed by atoms with Crippen LogP contribution in [-0.4, -0.2) is 63.6 Å². The summed E-state index contributed by atoms with van der Waals surface area (Å²) in [6.45, 7) is 9.60. The number of aliphatic hydroxyl groups excluding tert-OH is 1. The highest BCUT2D eigenvalue weighted by molar-refractivity contribution is 6.15. The van der Waals surface area contributed by atoms with Crippen LogP contribution < -0.4 is 4.90 Å². The maximum atomic E-state index is 13.1. The van der Waals surface area contributed by atoms with Gasteiger partial charge in [0, 0.05) is 53.7 Å². The van der Waals surface area contributed by atoms with E-state index in [0.29, 0.717) is 11.1 Å². The number of fused-ring (bicyclic) bond motifs is 1. The lowest BCUT2D eigenvalue weighted by Crippen LogP contribution is -2.44. The molecule has 1 aliphatic carbocycles. The maximum Gasteiger partial charge on any atom is 0.335 e. The quantitative estimate of drug-likeness (QED) is 0.447. The fourth-order valence-corrected chi connectivity index (χ4v) is 5.17. The lowest BCUT2D eigenvalue weighted by atomic mass is 9.69. The minimum Gasteiger partial charge on any atom is -0.508 e. The van der Waals surface area contributed by atoms with Crippen molar-refractivity contribution in [1.82, 2.24) is 0 Å². The van der Waals surface area contributed by atoms with Gasteiger partial charge >= 0.3 is 5.97 Å². The van der Waals surface area contributed by atoms with Gasteiger partial charge in [-0.3, -0.25) is 4.79 Å². The lowest BCUT2D eigenvalue weighted by molar-refractivity contribution is -0.401. The first kappa shape index (κ1) is 23.7. The van der Waals surface area contributed by atoms with Crippen LogP contribution in [0.2, 0.25) is 0 Å². The van der Waals surface area contributed by atoms with E-state index in [0.717, 1.165) is 35.7 Å². The van der Waals surface area contributed by atoms with Gasteiger partial charge in [-0.25, -0.2) is 4.79 Å². The van der Waals surface area contributed by atoms with E-state index in [1.54, 1.807) is 36.4 Å². The molecule has 1 fully saturated rings. The highest BCUT2D eigenvalue weighted by atomic mass is 16.4. The molecule has 4 rings (SSSR count). The molecule has 0 spiro atoms. The smallest absolute Gasteiger partial charge is 0.335 e. The number of ketones is 1. The Bertz CT molecular complexity index is 1250. The largest absolute Gasteiger partial charge is 0.508 e. The molecular weight excluding hydrogens is 432 g/mol. The highest BCUT2D eigenvalue weighted by Crippen LogP contribution is 2.45. The molecule has 1 saturated carbocycles. The van der Waals surface area contributed by atoms with Crippen LogP contribution in [0.25, 0.3) is 0 Å². The second-order valence-corrected chi connectivity index (χ2v) is 9.41. The molecule has 0 amide bonds. The Labute approximate surface area is 199 Å². The number of phenols is 1. The number of carboxylic acids is 1. The normalized spacial score (nSPS) is 22.1. The summed E-state index contributed by atoms with van der Waals surface area (Å²) in [5.41, 5.74) is 3.74. The zero-order valence-corrected chi connectivity index (χ0v) is 20.2. The number of benzene rings is 2. The van der Waals surface area contributed by atoms with E-state index in [4.69, 9.17) is 0 Å². The van der Waals surface area contributed by atoms with Crippen molar-refractivity contribution in [2.24, 2.45) is 0 Å². The molecule has 0 radical (unpaired) electrons. The first-order valence-corrected chi connectivity index (χ1v) is 11.5. The number of carboxylic acid groups (broad SMARTS) is 1. The number of allylic oxidation sites excluding steroid dienone is 1. The number of aromatic hydroxyl groups is 1. The predicted molar refractivity (Wildman–Crippen MR) is 131 cm³/mol. The number of carbonyl (C=O) groups excluding carboxylic acids is 1. The Kier molecular flexibility index (Phi) is 5.85. The summed E-state index contributed by atoms with van der Waals surface area (Å²) >= 11 is 0. The zero-order chi connectivity index (χ0) is 24.9. The SMILES string of the molecule is CCN(CC)c1ccc(C2C(=O)C(=CC3=[N+](C)c4ccc(C(=O)O)cc4C3(C)C)C2O)c(O)c1. The number of hydrogen-bond donors (Lipinski definition) is 3. The minimum absolute atomic E-state index is 0.000391. The van der Waals surface area contributed by atoms with Crippen LogP contribution in [0.5, 0.6) is 5.75 Å². The van der Waals surface area contributed by atoms with Gasteiger partial charge in [0.05, 0.1) is 23.0 Å². The van der Waals surface area contributed by atoms with Crippen molar-refractivity contribution in [3.05, 3.63) is 64.7 Å². The van der Waals surface area contributed by atoms with Crippen LogP contribution in [0.3, 0.4) is 0 Å². The van der Waals surface area contributed by atoms with Crippen LogP contribution in [0.4, 0.5) is 11.4 Å². The third kappa shape index (κ3) is 3.51. The molecule has 0 aromatic heterocycles. The standard InChI is InChI=1S/C27H30N2O5/c1-6-29(7-2)16-9-10-17(21(30)13-16)23-24(31)18(25(23)32)14-22-27(3,4)19-12-15(26(33)34)8-11-20(19)28(22)5/h8-14,23-24,31H,6-7H2,1-5H3,(H-,30,33,34)/p+1. The van der Waals surface area contributed by atoms with Crippen LogP contribution in [0, 0.1) is 0 Å². The van der Waals surface area contributed by atoms with Gasteiger partial charge in [0.25, 0.3) is 0 Å². The van der Waals surface area contributed by atoms with E-state index >= 15 is 0 Å². The lowest BCUT2D eigenvalue weighted by Gasteiger charge is -2.35. The molecule has 2 aliphatic rings. The number of phenolic OH excluding ortho intramolecular Hbond substituents is 1. The highest BCUT2D eigenvalue weighted by Gasteiger charge is 2.50. The number of rotatable bonds is 6. The first-order chi connectivity index (χ1) is 16.0. The molecule has 1 aliphatic heterocycles. The van der Waals surface area contributed by atoms with E-state index in [1.807, 2.05) is 45.4 Å². The Hall–Kier alpha value is -3.45. The second-order valence-electron chi connectivity index (χ2n) is 9.41. The molecule has 3 N–H and O–H groups in total. The average molecular weight is 464 g/mol. The fraction of sp³-hybridized carbons (Fsp3) is 0.370. The Morgan fingerprint density at radius 3 is 2.38 bits per heavy atom. The molecule has 0 bridgehead atoms. The molecule has 7 heteroatoms. The van der Waals surface area contributed by atoms with Crippen LogP contribution in [0.15, 0.2) is 48.0 Å². The number of carbonyl (C=O) groups is 2. The minimum atomic E-state index is -1.03. The fourth-order valence-electron chi connectivity index (χ4n) is 5.17. The topological polar surface area (TPSA) is 101 Å². The van der Waals surface area contributed by atoms with Gasteiger partial charge in [0.15, 0.2) is 11.5 Å². The number of nitrogens with zero attached hydrogens (tertiary/aromatic N) is 2. The molecule has 2 aromatic rings. The van der Waals surface area contributed by atoms with Crippen LogP contribution in [-0.2, 0) is 10.2 Å². The number of aliphatic hydroxyl groups is 1. The summed E-state index contributed by atoms with van der Waals surface area (Å²) in [5, 5.41) is 30.9. The monoisotopic (exact) mass is 463 g/mol. The van der Waals surface area contributed by atoms with E-state index in [-0.39, 0.29) is 17.1 Å². The van der Waals surface area contributed by atoms with E-state index in [9.17, 15) is 24.9 Å². The first-order valence-electron chi connectivity index (χ1n) is 11.5. The van der Waals surface area contributed by atoms with Crippen molar-refractivity contribution < 1.29 is 29.5 Å². The summed E-state index contributed by atoms with van der Waals surface area (Å²) in [4.78, 5) is 26.7. The Balaban J connectivity index is 1.65. The van der Waals surface area contributed by atoms with E-state index < -0.39 is 23.4 Å². The zero-order valence-electron chi connectivity index (χ0n) is 20.2. The summed E-state index contributed by atoms with van der Waals surface area (Å²) in [7, 11) is 1.87. The third-order valence-electron chi connectivity index (χ3n) is 7.25. The van der Waals surface area contributed by atoms with Crippen molar-refractivity contribution in [1.29, 1.82) is 0 Å². The molecule has 2 aromatic carbocycles. The van der Waals surface area contributed by atoms with Gasteiger partial charge in [0.1, 0.15) is 12.8 Å². The van der Waals surface area contributed by atoms with Crippen molar-refractivity contribution in [3.63, 3.8) is 0 Å². The maximum absolute atomic E-state index is 13.1. The molecule has 0 saturated heterocycles. The number of Topliss-reactive ketones (excluding diaryl/α,β-unsaturated/α-hetero) is 1. The number of anilines is 1. The van der Waals surface area contributed by atoms with Crippen LogP contribution >= 0.6 is 0 Å². The number of aromatic carboxylic acids is 1. The third-order valence-corrected chi connectivity index (χ3v) is 7.25. The van der Waals surface area contributed by atoms with Gasteiger partial charge in [0.2, 0.25) is 5.69 Å². The summed E-state index contributed by atoms with van der Waals surface area (Å²) in [5.74, 6) is -2.03. The average Bonchev–Trinajstić information content (AvgIpc) is 2.99. The van der Waals surface area contributed by atoms with Crippen molar-refractivity contribution in [3.8, 4) is 5.75 Å². The predicted octanol–water partition coefficient (Wildman–Crippen LogP) is 3.60. The van der Waals surface area contributed by atoms with E-state index in [1.165, 1.54) is 0 Å². The molecule has 1 heterocycles. The molecule has 178 valence electrons. The van der Waals surface area contributed by atoms with Gasteiger partial charge in [-0.1, -0.05) is 6.07 Å². The van der Waals surface area contributed by atoms with Crippen molar-refractivity contribution >= 4 is 28.8 Å². The Morgan fingerprint density at radius 2 is 1.82 bits per heavy atom. The molecular formula is C27H31N2O5+. The molecule has 2 unspecified atom stereocenters. The van der Waals surface area contributed by atoms with Gasteiger partial charge in [-0.2, -0.15) is 4.58 Å². The van der Waals surface area contributed by atoms with Gasteiger partial charge in [-0.15, -0.1) is 0 Å². The molecule has 34 heavy (non-hydrogen) atoms. The second kappa shape index (κ2) is 8.40. The van der Waals surface area contributed by atoms with Gasteiger partial charge < -0.3 is 20.2 Å². The summed E-state index contributed by atoms with van der Waals surface area (Å²) < 4.78 is 1.93. The van der Waals surface area contributed by atoms with Crippen molar-refractivity contribution in [2.75, 3.05) is 25.0 Å². The van der Waals surface area contributed by atoms with E-state index in [2.05, 4.69) is 4.90 Å². The molecule has 2 atom stereocenters. The van der Waals surface area contributed by atoms with Crippen molar-refractivity contribution in [2.45, 2.75) is 45.1 Å². The summed E-state index contributed by atoms with van der Waals surface area (Å²) in [6.07, 6.45) is 0.679. The Morgan fingerprint density at radius 1 is 1.15 bits per heavy atom. The molecule has 7 nitrogen and oxygen atoms in total. The van der Waals surface area contributed by atoms with Crippen LogP contribution in [0.1, 0.15) is 55.1 Å².